The van der Waals surface area contributed by atoms with Crippen LogP contribution in [-0.2, 0) is 0 Å². The molecule has 2 aliphatic carbocycles. The van der Waals surface area contributed by atoms with Crippen molar-refractivity contribution in [2.24, 2.45) is 11.3 Å². The lowest BCUT2D eigenvalue weighted by atomic mass is 9.98. The predicted octanol–water partition coefficient (Wildman–Crippen LogP) is 2.25. The van der Waals surface area contributed by atoms with Gasteiger partial charge in [-0.05, 0) is 70.4 Å². The van der Waals surface area contributed by atoms with Crippen LogP contribution < -0.4 is 5.32 Å². The van der Waals surface area contributed by atoms with Crippen molar-refractivity contribution in [2.45, 2.75) is 51.5 Å². The Balaban J connectivity index is 1.60. The molecule has 3 aliphatic rings. The summed E-state index contributed by atoms with van der Waals surface area (Å²) in [7, 11) is 0. The Labute approximate surface area is 99.8 Å². The van der Waals surface area contributed by atoms with Gasteiger partial charge in [-0.3, -0.25) is 0 Å². The molecule has 0 spiro atoms. The number of nitrogens with zero attached hydrogens (tertiary/aromatic N) is 1. The first-order valence-electron chi connectivity index (χ1n) is 7.07. The van der Waals surface area contributed by atoms with E-state index in [9.17, 15) is 0 Å². The minimum atomic E-state index is 0.316. The first kappa shape index (κ1) is 11.0. The second-order valence-electron chi connectivity index (χ2n) is 7.01. The van der Waals surface area contributed by atoms with Crippen molar-refractivity contribution < 1.29 is 0 Å². The van der Waals surface area contributed by atoms with Crippen LogP contribution in [-0.4, -0.2) is 36.6 Å². The summed E-state index contributed by atoms with van der Waals surface area (Å²) in [6, 6.07) is 0. The summed E-state index contributed by atoms with van der Waals surface area (Å²) in [6.45, 7) is 9.83. The van der Waals surface area contributed by atoms with Crippen molar-refractivity contribution in [1.82, 2.24) is 10.2 Å². The summed E-state index contributed by atoms with van der Waals surface area (Å²) in [6.07, 6.45) is 7.40. The van der Waals surface area contributed by atoms with E-state index >= 15 is 0 Å². The highest BCUT2D eigenvalue weighted by Gasteiger charge is 2.54. The Morgan fingerprint density at radius 2 is 2.00 bits per heavy atom. The monoisotopic (exact) mass is 222 g/mol. The molecule has 1 aliphatic heterocycles. The van der Waals surface area contributed by atoms with E-state index in [4.69, 9.17) is 0 Å². The molecule has 0 bridgehead atoms. The number of hydrogen-bond donors (Lipinski definition) is 1. The SMILES string of the molecule is CC1(C)CN(CC2(C3CC3)CC2)CCCN1. The maximum Gasteiger partial charge on any atom is 0.0252 e. The van der Waals surface area contributed by atoms with Crippen molar-refractivity contribution in [3.63, 3.8) is 0 Å². The zero-order valence-corrected chi connectivity index (χ0v) is 10.9. The van der Waals surface area contributed by atoms with Crippen LogP contribution in [0.2, 0.25) is 0 Å². The summed E-state index contributed by atoms with van der Waals surface area (Å²) in [5.74, 6) is 1.10. The Morgan fingerprint density at radius 3 is 2.62 bits per heavy atom. The molecule has 92 valence electrons. The van der Waals surface area contributed by atoms with Crippen molar-refractivity contribution in [3.8, 4) is 0 Å². The second-order valence-corrected chi connectivity index (χ2v) is 7.01. The van der Waals surface area contributed by atoms with E-state index in [0.29, 0.717) is 5.54 Å². The average Bonchev–Trinajstić information content (AvgIpc) is 2.96. The molecule has 1 heterocycles. The summed E-state index contributed by atoms with van der Waals surface area (Å²) < 4.78 is 0. The molecule has 0 atom stereocenters. The lowest BCUT2D eigenvalue weighted by molar-refractivity contribution is 0.179. The average molecular weight is 222 g/mol. The van der Waals surface area contributed by atoms with Crippen molar-refractivity contribution in [2.75, 3.05) is 26.2 Å². The minimum Gasteiger partial charge on any atom is -0.310 e. The van der Waals surface area contributed by atoms with Gasteiger partial charge in [-0.25, -0.2) is 0 Å². The third-order valence-corrected chi connectivity index (χ3v) is 4.75. The van der Waals surface area contributed by atoms with Crippen molar-refractivity contribution in [1.29, 1.82) is 0 Å². The van der Waals surface area contributed by atoms with E-state index in [1.807, 2.05) is 0 Å². The highest BCUT2D eigenvalue weighted by Crippen LogP contribution is 2.61. The van der Waals surface area contributed by atoms with Gasteiger partial charge >= 0.3 is 0 Å². The van der Waals surface area contributed by atoms with Crippen molar-refractivity contribution >= 4 is 0 Å². The third kappa shape index (κ3) is 2.28. The van der Waals surface area contributed by atoms with Crippen LogP contribution in [0.3, 0.4) is 0 Å². The molecule has 2 nitrogen and oxygen atoms in total. The predicted molar refractivity (Wildman–Crippen MR) is 67.5 cm³/mol. The summed E-state index contributed by atoms with van der Waals surface area (Å²) in [5.41, 5.74) is 1.09. The topological polar surface area (TPSA) is 15.3 Å². The van der Waals surface area contributed by atoms with E-state index in [1.54, 1.807) is 0 Å². The molecule has 0 radical (unpaired) electrons. The summed E-state index contributed by atoms with van der Waals surface area (Å²) in [4.78, 5) is 2.74. The Bertz CT molecular complexity index is 264. The van der Waals surface area contributed by atoms with E-state index in [1.165, 1.54) is 58.3 Å². The van der Waals surface area contributed by atoms with Crippen LogP contribution in [0.4, 0.5) is 0 Å². The van der Waals surface area contributed by atoms with Gasteiger partial charge in [0.05, 0.1) is 0 Å². The zero-order chi connectivity index (χ0) is 11.2. The van der Waals surface area contributed by atoms with Gasteiger partial charge in [-0.1, -0.05) is 0 Å². The quantitative estimate of drug-likeness (QED) is 0.788. The maximum atomic E-state index is 3.66. The standard InChI is InChI=1S/C14H26N2/c1-13(2)10-16(9-3-8-15-13)11-14(6-7-14)12-4-5-12/h12,15H,3-11H2,1-2H3. The molecule has 0 unspecified atom stereocenters. The Kier molecular flexibility index (Phi) is 2.56. The normalized spacial score (nSPS) is 33.4. The van der Waals surface area contributed by atoms with Crippen LogP contribution in [0.25, 0.3) is 0 Å². The summed E-state index contributed by atoms with van der Waals surface area (Å²) in [5, 5.41) is 3.66. The Morgan fingerprint density at radius 1 is 1.25 bits per heavy atom. The lowest BCUT2D eigenvalue weighted by Gasteiger charge is -2.32. The molecular weight excluding hydrogens is 196 g/mol. The Hall–Kier alpha value is -0.0800. The molecule has 0 aromatic heterocycles. The van der Waals surface area contributed by atoms with Crippen LogP contribution >= 0.6 is 0 Å². The number of nitrogens with one attached hydrogen (secondary N) is 1. The second kappa shape index (κ2) is 3.71. The van der Waals surface area contributed by atoms with Gasteiger partial charge in [0.15, 0.2) is 0 Å². The molecular formula is C14H26N2. The molecule has 1 saturated heterocycles. The fraction of sp³-hybridized carbons (Fsp3) is 1.00. The van der Waals surface area contributed by atoms with E-state index in [0.717, 1.165) is 11.3 Å². The van der Waals surface area contributed by atoms with Gasteiger partial charge in [0.2, 0.25) is 0 Å². The molecule has 2 saturated carbocycles. The highest BCUT2D eigenvalue weighted by atomic mass is 15.2. The van der Waals surface area contributed by atoms with E-state index < -0.39 is 0 Å². The third-order valence-electron chi connectivity index (χ3n) is 4.75. The van der Waals surface area contributed by atoms with Gasteiger partial charge in [-0.15, -0.1) is 0 Å². The molecule has 0 aromatic carbocycles. The van der Waals surface area contributed by atoms with Crippen LogP contribution in [0.15, 0.2) is 0 Å². The fourth-order valence-electron chi connectivity index (χ4n) is 3.56. The van der Waals surface area contributed by atoms with Crippen LogP contribution in [0, 0.1) is 11.3 Å². The largest absolute Gasteiger partial charge is 0.310 e. The van der Waals surface area contributed by atoms with Crippen LogP contribution in [0.1, 0.15) is 46.0 Å². The highest BCUT2D eigenvalue weighted by molar-refractivity contribution is 5.06. The minimum absolute atomic E-state index is 0.316. The number of rotatable bonds is 3. The van der Waals surface area contributed by atoms with Crippen molar-refractivity contribution in [3.05, 3.63) is 0 Å². The smallest absolute Gasteiger partial charge is 0.0252 e. The number of hydrogen-bond acceptors (Lipinski definition) is 2. The molecule has 3 fully saturated rings. The fourth-order valence-corrected chi connectivity index (χ4v) is 3.56. The lowest BCUT2D eigenvalue weighted by Crippen LogP contribution is -2.47. The van der Waals surface area contributed by atoms with Gasteiger partial charge in [0, 0.05) is 18.6 Å². The zero-order valence-electron chi connectivity index (χ0n) is 10.9. The first-order valence-corrected chi connectivity index (χ1v) is 7.07. The maximum absolute atomic E-state index is 3.66. The molecule has 16 heavy (non-hydrogen) atoms. The van der Waals surface area contributed by atoms with E-state index in [2.05, 4.69) is 24.1 Å². The molecule has 1 N–H and O–H groups in total. The van der Waals surface area contributed by atoms with Gasteiger partial charge in [-0.2, -0.15) is 0 Å². The first-order chi connectivity index (χ1) is 7.60. The van der Waals surface area contributed by atoms with Gasteiger partial charge in [0.25, 0.3) is 0 Å². The van der Waals surface area contributed by atoms with E-state index in [-0.39, 0.29) is 0 Å². The molecule has 3 rings (SSSR count). The molecule has 0 aromatic rings. The molecule has 2 heteroatoms. The molecule has 0 amide bonds. The van der Waals surface area contributed by atoms with Crippen LogP contribution in [0.5, 0.6) is 0 Å². The van der Waals surface area contributed by atoms with Gasteiger partial charge < -0.3 is 10.2 Å². The van der Waals surface area contributed by atoms with Gasteiger partial charge in [0.1, 0.15) is 0 Å². The summed E-state index contributed by atoms with van der Waals surface area (Å²) >= 11 is 0.